The molecule has 1 heterocycles. The van der Waals surface area contributed by atoms with Crippen molar-refractivity contribution in [2.24, 2.45) is 5.92 Å². The van der Waals surface area contributed by atoms with Crippen LogP contribution in [-0.2, 0) is 9.53 Å². The van der Waals surface area contributed by atoms with Crippen molar-refractivity contribution < 1.29 is 9.53 Å². The SMILES string of the molecule is CC[C@H]1CCC(=O)OC1. The fourth-order valence-corrected chi connectivity index (χ4v) is 1.01. The van der Waals surface area contributed by atoms with Gasteiger partial charge in [0.15, 0.2) is 0 Å². The van der Waals surface area contributed by atoms with Crippen molar-refractivity contribution >= 4 is 5.97 Å². The first-order valence-electron chi connectivity index (χ1n) is 3.48. The fourth-order valence-electron chi connectivity index (χ4n) is 1.01. The lowest BCUT2D eigenvalue weighted by atomic mass is 10.00. The standard InChI is InChI=1S/C7H12O2/c1-2-6-3-4-7(8)9-5-6/h6H,2-5H2,1H3/t6-/m0/s1. The van der Waals surface area contributed by atoms with Crippen molar-refractivity contribution in [3.05, 3.63) is 0 Å². The maximum Gasteiger partial charge on any atom is 0.305 e. The third kappa shape index (κ3) is 1.70. The van der Waals surface area contributed by atoms with Gasteiger partial charge in [-0.05, 0) is 12.3 Å². The van der Waals surface area contributed by atoms with Crippen LogP contribution in [0.25, 0.3) is 0 Å². The molecule has 0 radical (unpaired) electrons. The van der Waals surface area contributed by atoms with Crippen molar-refractivity contribution in [1.82, 2.24) is 0 Å². The minimum absolute atomic E-state index is 0.0281. The van der Waals surface area contributed by atoms with Gasteiger partial charge in [0, 0.05) is 6.42 Å². The molecular weight excluding hydrogens is 116 g/mol. The first-order valence-corrected chi connectivity index (χ1v) is 3.48. The number of hydrogen-bond donors (Lipinski definition) is 0. The molecule has 0 amide bonds. The topological polar surface area (TPSA) is 26.3 Å². The van der Waals surface area contributed by atoms with Crippen LogP contribution in [0.5, 0.6) is 0 Å². The summed E-state index contributed by atoms with van der Waals surface area (Å²) < 4.78 is 4.84. The second kappa shape index (κ2) is 2.85. The molecule has 0 bridgehead atoms. The number of carbonyl (C=O) groups is 1. The van der Waals surface area contributed by atoms with E-state index in [9.17, 15) is 4.79 Å². The van der Waals surface area contributed by atoms with Crippen LogP contribution in [0, 0.1) is 5.92 Å². The molecule has 0 aromatic carbocycles. The first-order chi connectivity index (χ1) is 4.33. The minimum atomic E-state index is -0.0281. The Morgan fingerprint density at radius 1 is 1.78 bits per heavy atom. The molecule has 1 aliphatic rings. The average Bonchev–Trinajstić information content (AvgIpc) is 1.90. The third-order valence-corrected chi connectivity index (χ3v) is 1.81. The monoisotopic (exact) mass is 128 g/mol. The Balaban J connectivity index is 2.26. The van der Waals surface area contributed by atoms with Crippen molar-refractivity contribution in [1.29, 1.82) is 0 Å². The van der Waals surface area contributed by atoms with E-state index in [0.29, 0.717) is 18.9 Å². The van der Waals surface area contributed by atoms with Crippen LogP contribution in [0.2, 0.25) is 0 Å². The van der Waals surface area contributed by atoms with Crippen LogP contribution in [0.3, 0.4) is 0 Å². The third-order valence-electron chi connectivity index (χ3n) is 1.81. The minimum Gasteiger partial charge on any atom is -0.465 e. The molecule has 1 aliphatic heterocycles. The van der Waals surface area contributed by atoms with Crippen LogP contribution in [-0.4, -0.2) is 12.6 Å². The van der Waals surface area contributed by atoms with E-state index < -0.39 is 0 Å². The molecule has 52 valence electrons. The summed E-state index contributed by atoms with van der Waals surface area (Å²) in [4.78, 5) is 10.5. The number of esters is 1. The van der Waals surface area contributed by atoms with E-state index in [0.717, 1.165) is 12.8 Å². The molecular formula is C7H12O2. The zero-order valence-corrected chi connectivity index (χ0v) is 5.72. The average molecular weight is 128 g/mol. The second-order valence-electron chi connectivity index (χ2n) is 2.50. The highest BCUT2D eigenvalue weighted by Crippen LogP contribution is 2.16. The molecule has 0 aromatic heterocycles. The van der Waals surface area contributed by atoms with Crippen LogP contribution in [0.4, 0.5) is 0 Å². The fraction of sp³-hybridized carbons (Fsp3) is 0.857. The summed E-state index contributed by atoms with van der Waals surface area (Å²) in [5, 5.41) is 0. The number of rotatable bonds is 1. The molecule has 2 heteroatoms. The van der Waals surface area contributed by atoms with Crippen LogP contribution in [0.15, 0.2) is 0 Å². The van der Waals surface area contributed by atoms with Gasteiger partial charge in [-0.2, -0.15) is 0 Å². The summed E-state index contributed by atoms with van der Waals surface area (Å²) in [6.07, 6.45) is 2.78. The van der Waals surface area contributed by atoms with E-state index >= 15 is 0 Å². The van der Waals surface area contributed by atoms with Crippen molar-refractivity contribution in [2.45, 2.75) is 26.2 Å². The molecule has 0 spiro atoms. The molecule has 0 saturated carbocycles. The maximum absolute atomic E-state index is 10.5. The lowest BCUT2D eigenvalue weighted by molar-refractivity contribution is -0.149. The number of hydrogen-bond acceptors (Lipinski definition) is 2. The Kier molecular flexibility index (Phi) is 2.09. The Labute approximate surface area is 55.2 Å². The summed E-state index contributed by atoms with van der Waals surface area (Å²) in [5.74, 6) is 0.599. The van der Waals surface area contributed by atoms with Gasteiger partial charge < -0.3 is 4.74 Å². The Bertz CT molecular complexity index is 99.5. The van der Waals surface area contributed by atoms with Gasteiger partial charge in [-0.3, -0.25) is 4.79 Å². The summed E-state index contributed by atoms with van der Waals surface area (Å²) >= 11 is 0. The van der Waals surface area contributed by atoms with Crippen LogP contribution >= 0.6 is 0 Å². The van der Waals surface area contributed by atoms with Gasteiger partial charge in [-0.15, -0.1) is 0 Å². The van der Waals surface area contributed by atoms with Gasteiger partial charge in [-0.25, -0.2) is 0 Å². The van der Waals surface area contributed by atoms with Crippen LogP contribution < -0.4 is 0 Å². The summed E-state index contributed by atoms with van der Waals surface area (Å²) in [5.41, 5.74) is 0. The number of carbonyl (C=O) groups excluding carboxylic acids is 1. The van der Waals surface area contributed by atoms with E-state index in [2.05, 4.69) is 6.92 Å². The molecule has 0 unspecified atom stereocenters. The molecule has 0 N–H and O–H groups in total. The van der Waals surface area contributed by atoms with Crippen molar-refractivity contribution in [2.75, 3.05) is 6.61 Å². The van der Waals surface area contributed by atoms with Gasteiger partial charge in [0.05, 0.1) is 6.61 Å². The lowest BCUT2D eigenvalue weighted by Gasteiger charge is -2.19. The molecule has 1 atom stereocenters. The first kappa shape index (κ1) is 6.59. The van der Waals surface area contributed by atoms with Gasteiger partial charge in [0.25, 0.3) is 0 Å². The molecule has 2 nitrogen and oxygen atoms in total. The van der Waals surface area contributed by atoms with Gasteiger partial charge >= 0.3 is 5.97 Å². The van der Waals surface area contributed by atoms with E-state index in [-0.39, 0.29) is 5.97 Å². The Morgan fingerprint density at radius 3 is 3.00 bits per heavy atom. The predicted molar refractivity (Wildman–Crippen MR) is 34.0 cm³/mol. The quantitative estimate of drug-likeness (QED) is 0.498. The highest BCUT2D eigenvalue weighted by atomic mass is 16.5. The zero-order chi connectivity index (χ0) is 6.69. The predicted octanol–water partition coefficient (Wildman–Crippen LogP) is 1.35. The Morgan fingerprint density at radius 2 is 2.56 bits per heavy atom. The zero-order valence-electron chi connectivity index (χ0n) is 5.72. The van der Waals surface area contributed by atoms with Gasteiger partial charge in [0.1, 0.15) is 0 Å². The molecule has 1 fully saturated rings. The summed E-state index contributed by atoms with van der Waals surface area (Å²) in [7, 11) is 0. The highest BCUT2D eigenvalue weighted by Gasteiger charge is 2.17. The molecule has 1 rings (SSSR count). The smallest absolute Gasteiger partial charge is 0.305 e. The number of ether oxygens (including phenoxy) is 1. The lowest BCUT2D eigenvalue weighted by Crippen LogP contribution is -2.20. The molecule has 0 aromatic rings. The number of cyclic esters (lactones) is 1. The van der Waals surface area contributed by atoms with Crippen LogP contribution in [0.1, 0.15) is 26.2 Å². The van der Waals surface area contributed by atoms with E-state index in [1.165, 1.54) is 0 Å². The highest BCUT2D eigenvalue weighted by molar-refractivity contribution is 5.69. The van der Waals surface area contributed by atoms with Gasteiger partial charge in [0.2, 0.25) is 0 Å². The van der Waals surface area contributed by atoms with E-state index in [4.69, 9.17) is 4.74 Å². The van der Waals surface area contributed by atoms with E-state index in [1.807, 2.05) is 0 Å². The Hall–Kier alpha value is -0.530. The van der Waals surface area contributed by atoms with Crippen molar-refractivity contribution in [3.8, 4) is 0 Å². The summed E-state index contributed by atoms with van der Waals surface area (Å²) in [6.45, 7) is 2.78. The van der Waals surface area contributed by atoms with E-state index in [1.54, 1.807) is 0 Å². The molecule has 1 saturated heterocycles. The normalized spacial score (nSPS) is 27.7. The van der Waals surface area contributed by atoms with Gasteiger partial charge in [-0.1, -0.05) is 13.3 Å². The maximum atomic E-state index is 10.5. The molecule has 9 heavy (non-hydrogen) atoms. The second-order valence-corrected chi connectivity index (χ2v) is 2.50. The van der Waals surface area contributed by atoms with Crippen molar-refractivity contribution in [3.63, 3.8) is 0 Å². The summed E-state index contributed by atoms with van der Waals surface area (Å²) in [6, 6.07) is 0. The molecule has 0 aliphatic carbocycles. The largest absolute Gasteiger partial charge is 0.465 e.